The number of nitrogen functional groups attached to an aromatic ring is 1. The van der Waals surface area contributed by atoms with Crippen LogP contribution >= 0.6 is 0 Å². The van der Waals surface area contributed by atoms with Crippen molar-refractivity contribution in [1.82, 2.24) is 14.5 Å². The lowest BCUT2D eigenvalue weighted by Gasteiger charge is -2.11. The van der Waals surface area contributed by atoms with Gasteiger partial charge in [-0.3, -0.25) is 9.36 Å². The number of hydrogen-bond acceptors (Lipinski definition) is 6. The molecule has 0 bridgehead atoms. The van der Waals surface area contributed by atoms with Crippen LogP contribution in [0.3, 0.4) is 0 Å². The van der Waals surface area contributed by atoms with Crippen molar-refractivity contribution in [2.75, 3.05) is 12.3 Å². The van der Waals surface area contributed by atoms with Gasteiger partial charge in [-0.2, -0.15) is 4.98 Å². The topological polar surface area (TPSA) is 100 Å². The smallest absolute Gasteiger partial charge is 0.343 e. The zero-order valence-electron chi connectivity index (χ0n) is 13.3. The second-order valence-corrected chi connectivity index (χ2v) is 5.18. The van der Waals surface area contributed by atoms with E-state index in [9.17, 15) is 9.59 Å². The van der Waals surface area contributed by atoms with Gasteiger partial charge >= 0.3 is 5.97 Å². The number of aromatic nitrogens is 3. The number of rotatable bonds is 3. The van der Waals surface area contributed by atoms with Gasteiger partial charge in [0.25, 0.3) is 5.56 Å². The average Bonchev–Trinajstić information content (AvgIpc) is 2.59. The number of esters is 1. The Balaban J connectivity index is 2.38. The number of nitrogens with zero attached hydrogens (tertiary/aromatic N) is 3. The van der Waals surface area contributed by atoms with E-state index in [1.807, 2.05) is 30.3 Å². The number of carbonyl (C=O) groups excluding carboxylic acids is 1. The van der Waals surface area contributed by atoms with Crippen molar-refractivity contribution in [2.24, 2.45) is 7.05 Å². The molecule has 24 heavy (non-hydrogen) atoms. The van der Waals surface area contributed by atoms with Crippen LogP contribution in [0.1, 0.15) is 17.3 Å². The van der Waals surface area contributed by atoms with Crippen LogP contribution in [0.15, 0.2) is 41.2 Å². The minimum Gasteiger partial charge on any atom is -0.462 e. The third-order valence-electron chi connectivity index (χ3n) is 3.63. The first-order valence-corrected chi connectivity index (χ1v) is 7.42. The summed E-state index contributed by atoms with van der Waals surface area (Å²) in [6, 6.07) is 10.8. The highest BCUT2D eigenvalue weighted by Gasteiger charge is 2.19. The van der Waals surface area contributed by atoms with E-state index >= 15 is 0 Å². The average molecular weight is 324 g/mol. The maximum absolute atomic E-state index is 12.4. The lowest BCUT2D eigenvalue weighted by atomic mass is 10.1. The number of pyridine rings is 1. The van der Waals surface area contributed by atoms with E-state index in [2.05, 4.69) is 9.97 Å². The minimum atomic E-state index is -0.671. The number of ether oxygens (including phenoxy) is 1. The normalized spacial score (nSPS) is 10.8. The predicted octanol–water partition coefficient (Wildman–Crippen LogP) is 1.75. The van der Waals surface area contributed by atoms with Gasteiger partial charge in [0.2, 0.25) is 5.95 Å². The maximum Gasteiger partial charge on any atom is 0.343 e. The Kier molecular flexibility index (Phi) is 3.99. The first kappa shape index (κ1) is 15.7. The number of carbonyl (C=O) groups is 1. The van der Waals surface area contributed by atoms with Crippen molar-refractivity contribution in [3.05, 3.63) is 52.3 Å². The standard InChI is InChI=1S/C17H16N4O3/c1-3-24-16(23)12-9-11-13(10-7-5-4-6-8-10)19-17(18)20-14(11)21(2)15(12)22/h4-9H,3H2,1-2H3,(H2,18,19,20). The lowest BCUT2D eigenvalue weighted by molar-refractivity contribution is 0.0524. The van der Waals surface area contributed by atoms with Gasteiger partial charge in [-0.25, -0.2) is 9.78 Å². The Morgan fingerprint density at radius 2 is 1.96 bits per heavy atom. The molecule has 0 atom stereocenters. The fraction of sp³-hybridized carbons (Fsp3) is 0.176. The van der Waals surface area contributed by atoms with Crippen molar-refractivity contribution in [2.45, 2.75) is 6.92 Å². The summed E-state index contributed by atoms with van der Waals surface area (Å²) in [5.74, 6) is -0.615. The van der Waals surface area contributed by atoms with Crippen LogP contribution in [0.25, 0.3) is 22.3 Å². The highest BCUT2D eigenvalue weighted by molar-refractivity contribution is 5.98. The Labute approximate surface area is 137 Å². The molecule has 1 aromatic carbocycles. The monoisotopic (exact) mass is 324 g/mol. The molecule has 0 spiro atoms. The Morgan fingerprint density at radius 1 is 1.25 bits per heavy atom. The van der Waals surface area contributed by atoms with Crippen LogP contribution < -0.4 is 11.3 Å². The maximum atomic E-state index is 12.4. The number of fused-ring (bicyclic) bond motifs is 1. The van der Waals surface area contributed by atoms with Crippen LogP contribution in [-0.4, -0.2) is 27.1 Å². The molecule has 3 aromatic rings. The molecular formula is C17H16N4O3. The molecule has 2 N–H and O–H groups in total. The molecule has 2 aromatic heterocycles. The van der Waals surface area contributed by atoms with Crippen LogP contribution in [0.2, 0.25) is 0 Å². The summed E-state index contributed by atoms with van der Waals surface area (Å²) < 4.78 is 6.25. The molecule has 2 heterocycles. The molecule has 7 nitrogen and oxygen atoms in total. The number of hydrogen-bond donors (Lipinski definition) is 1. The third-order valence-corrected chi connectivity index (χ3v) is 3.63. The molecule has 7 heteroatoms. The van der Waals surface area contributed by atoms with Crippen LogP contribution in [-0.2, 0) is 11.8 Å². The van der Waals surface area contributed by atoms with Crippen LogP contribution in [0.4, 0.5) is 5.95 Å². The Bertz CT molecular complexity index is 981. The largest absolute Gasteiger partial charge is 0.462 e. The second-order valence-electron chi connectivity index (χ2n) is 5.18. The number of nitrogens with two attached hydrogens (primary N) is 1. The van der Waals surface area contributed by atoms with Crippen molar-refractivity contribution in [3.8, 4) is 11.3 Å². The van der Waals surface area contributed by atoms with Gasteiger partial charge < -0.3 is 10.5 Å². The molecule has 0 saturated carbocycles. The molecule has 3 rings (SSSR count). The van der Waals surface area contributed by atoms with Crippen molar-refractivity contribution in [1.29, 1.82) is 0 Å². The van der Waals surface area contributed by atoms with Crippen molar-refractivity contribution < 1.29 is 9.53 Å². The van der Waals surface area contributed by atoms with E-state index in [4.69, 9.17) is 10.5 Å². The van der Waals surface area contributed by atoms with E-state index in [0.717, 1.165) is 5.56 Å². The summed E-state index contributed by atoms with van der Waals surface area (Å²) in [5, 5.41) is 0.556. The molecule has 0 amide bonds. The molecule has 0 aliphatic rings. The van der Waals surface area contributed by atoms with Gasteiger partial charge in [-0.05, 0) is 13.0 Å². The summed E-state index contributed by atoms with van der Waals surface area (Å²) in [6.45, 7) is 1.87. The zero-order chi connectivity index (χ0) is 17.3. The van der Waals surface area contributed by atoms with Gasteiger partial charge in [-0.15, -0.1) is 0 Å². The fourth-order valence-electron chi connectivity index (χ4n) is 2.52. The molecule has 0 aliphatic carbocycles. The third kappa shape index (κ3) is 2.60. The fourth-order valence-corrected chi connectivity index (χ4v) is 2.52. The van der Waals surface area contributed by atoms with Gasteiger partial charge in [0, 0.05) is 18.0 Å². The number of benzene rings is 1. The summed E-state index contributed by atoms with van der Waals surface area (Å²) in [4.78, 5) is 32.9. The van der Waals surface area contributed by atoms with E-state index in [-0.39, 0.29) is 18.1 Å². The highest BCUT2D eigenvalue weighted by Crippen LogP contribution is 2.26. The summed E-state index contributed by atoms with van der Waals surface area (Å²) in [7, 11) is 1.54. The quantitative estimate of drug-likeness (QED) is 0.737. The molecule has 0 fully saturated rings. The highest BCUT2D eigenvalue weighted by atomic mass is 16.5. The molecule has 0 radical (unpaired) electrons. The summed E-state index contributed by atoms with van der Waals surface area (Å²) in [5.41, 5.74) is 6.98. The number of anilines is 1. The zero-order valence-corrected chi connectivity index (χ0v) is 13.3. The van der Waals surface area contributed by atoms with Gasteiger partial charge in [-0.1, -0.05) is 30.3 Å². The Morgan fingerprint density at radius 3 is 2.62 bits per heavy atom. The Hall–Kier alpha value is -3.22. The molecule has 122 valence electrons. The van der Waals surface area contributed by atoms with Gasteiger partial charge in [0.05, 0.1) is 12.3 Å². The van der Waals surface area contributed by atoms with Crippen LogP contribution in [0, 0.1) is 0 Å². The lowest BCUT2D eigenvalue weighted by Crippen LogP contribution is -2.26. The van der Waals surface area contributed by atoms with Gasteiger partial charge in [0.15, 0.2) is 0 Å². The predicted molar refractivity (Wildman–Crippen MR) is 90.6 cm³/mol. The molecule has 0 unspecified atom stereocenters. The number of aryl methyl sites for hydroxylation is 1. The minimum absolute atomic E-state index is 0.0558. The second kappa shape index (κ2) is 6.11. The summed E-state index contributed by atoms with van der Waals surface area (Å²) in [6.07, 6.45) is 0. The van der Waals surface area contributed by atoms with E-state index in [1.54, 1.807) is 6.92 Å². The van der Waals surface area contributed by atoms with E-state index in [1.165, 1.54) is 17.7 Å². The van der Waals surface area contributed by atoms with Crippen molar-refractivity contribution >= 4 is 23.0 Å². The molecule has 0 aliphatic heterocycles. The first-order valence-electron chi connectivity index (χ1n) is 7.42. The summed E-state index contributed by atoms with van der Waals surface area (Å²) >= 11 is 0. The molecular weight excluding hydrogens is 308 g/mol. The van der Waals surface area contributed by atoms with Crippen molar-refractivity contribution in [3.63, 3.8) is 0 Å². The SMILES string of the molecule is CCOC(=O)c1cc2c(-c3ccccc3)nc(N)nc2n(C)c1=O. The van der Waals surface area contributed by atoms with Gasteiger partial charge in [0.1, 0.15) is 11.2 Å². The van der Waals surface area contributed by atoms with E-state index in [0.29, 0.717) is 16.7 Å². The van der Waals surface area contributed by atoms with E-state index < -0.39 is 11.5 Å². The first-order chi connectivity index (χ1) is 11.5. The molecule has 0 saturated heterocycles. The van der Waals surface area contributed by atoms with Crippen LogP contribution in [0.5, 0.6) is 0 Å².